The number of hydrogen-bond acceptors (Lipinski definition) is 5. The van der Waals surface area contributed by atoms with Crippen molar-refractivity contribution >= 4 is 22.7 Å². The number of hydrogen-bond donors (Lipinski definition) is 1. The van der Waals surface area contributed by atoms with E-state index in [1.807, 2.05) is 4.90 Å². The number of nitrogens with one attached hydrogen (secondary N) is 1. The standard InChI is InChI=1S/C11H16N4O2S/c1-17-9-12-10(18-14-9)13-11(16)15-5-7-3-2-4-8(7)6-15/h7-8H,2-6H2,1H3,(H,12,13,14,16)/t7-,8?/m1/s1. The molecule has 1 aliphatic carbocycles. The summed E-state index contributed by atoms with van der Waals surface area (Å²) < 4.78 is 8.83. The van der Waals surface area contributed by atoms with Crippen LogP contribution in [0.25, 0.3) is 0 Å². The average Bonchev–Trinajstić information content (AvgIpc) is 3.02. The van der Waals surface area contributed by atoms with E-state index in [1.165, 1.54) is 26.4 Å². The maximum Gasteiger partial charge on any atom is 0.329 e. The van der Waals surface area contributed by atoms with Gasteiger partial charge in [0.1, 0.15) is 0 Å². The quantitative estimate of drug-likeness (QED) is 0.888. The Labute approximate surface area is 110 Å². The highest BCUT2D eigenvalue weighted by Gasteiger charge is 2.38. The largest absolute Gasteiger partial charge is 0.466 e. The van der Waals surface area contributed by atoms with Crippen LogP contribution in [-0.2, 0) is 0 Å². The van der Waals surface area contributed by atoms with Crippen LogP contribution in [0, 0.1) is 11.8 Å². The second-order valence-electron chi connectivity index (χ2n) is 4.87. The Bertz CT molecular complexity index is 438. The van der Waals surface area contributed by atoms with Crippen LogP contribution in [0.3, 0.4) is 0 Å². The minimum Gasteiger partial charge on any atom is -0.466 e. The van der Waals surface area contributed by atoms with Crippen molar-refractivity contribution in [2.45, 2.75) is 19.3 Å². The number of carbonyl (C=O) groups excluding carboxylic acids is 1. The second kappa shape index (κ2) is 4.72. The lowest BCUT2D eigenvalue weighted by Gasteiger charge is -2.16. The van der Waals surface area contributed by atoms with Crippen molar-refractivity contribution < 1.29 is 9.53 Å². The first kappa shape index (κ1) is 11.7. The van der Waals surface area contributed by atoms with Crippen LogP contribution in [0.1, 0.15) is 19.3 Å². The summed E-state index contributed by atoms with van der Waals surface area (Å²) in [5, 5.41) is 3.27. The summed E-state index contributed by atoms with van der Waals surface area (Å²) in [6.45, 7) is 1.76. The molecule has 0 bridgehead atoms. The first-order chi connectivity index (χ1) is 8.76. The number of ether oxygens (including phenoxy) is 1. The van der Waals surface area contributed by atoms with Crippen LogP contribution in [0.2, 0.25) is 0 Å². The van der Waals surface area contributed by atoms with Gasteiger partial charge >= 0.3 is 12.0 Å². The minimum atomic E-state index is -0.0665. The zero-order valence-corrected chi connectivity index (χ0v) is 11.1. The Kier molecular flexibility index (Phi) is 3.07. The van der Waals surface area contributed by atoms with Gasteiger partial charge in [-0.2, -0.15) is 4.98 Å². The van der Waals surface area contributed by atoms with Crippen molar-refractivity contribution in [1.82, 2.24) is 14.3 Å². The summed E-state index contributed by atoms with van der Waals surface area (Å²) in [6, 6.07) is 0.233. The van der Waals surface area contributed by atoms with Gasteiger partial charge in [0.25, 0.3) is 0 Å². The van der Waals surface area contributed by atoms with Crippen molar-refractivity contribution in [3.63, 3.8) is 0 Å². The molecule has 1 saturated heterocycles. The van der Waals surface area contributed by atoms with Crippen LogP contribution < -0.4 is 10.1 Å². The third kappa shape index (κ3) is 2.14. The van der Waals surface area contributed by atoms with Crippen molar-refractivity contribution in [2.24, 2.45) is 11.8 Å². The third-order valence-electron chi connectivity index (χ3n) is 3.82. The van der Waals surface area contributed by atoms with E-state index in [1.54, 1.807) is 0 Å². The molecule has 2 amide bonds. The molecule has 98 valence electrons. The fraction of sp³-hybridized carbons (Fsp3) is 0.727. The number of amides is 2. The van der Waals surface area contributed by atoms with Gasteiger partial charge in [0, 0.05) is 24.6 Å². The van der Waals surface area contributed by atoms with Crippen molar-refractivity contribution in [1.29, 1.82) is 0 Å². The van der Waals surface area contributed by atoms with E-state index in [2.05, 4.69) is 14.7 Å². The van der Waals surface area contributed by atoms with Gasteiger partial charge in [-0.15, -0.1) is 4.37 Å². The molecule has 1 aromatic rings. The molecule has 1 unspecified atom stereocenters. The van der Waals surface area contributed by atoms with Crippen molar-refractivity contribution in [3.05, 3.63) is 0 Å². The SMILES string of the molecule is COc1nsc(NC(=O)N2CC3CCC[C@@H]3C2)n1. The lowest BCUT2D eigenvalue weighted by Crippen LogP contribution is -2.33. The predicted molar refractivity (Wildman–Crippen MR) is 67.9 cm³/mol. The third-order valence-corrected chi connectivity index (χ3v) is 4.43. The van der Waals surface area contributed by atoms with E-state index in [4.69, 9.17) is 4.74 Å². The summed E-state index contributed by atoms with van der Waals surface area (Å²) >= 11 is 1.14. The number of nitrogens with zero attached hydrogens (tertiary/aromatic N) is 3. The van der Waals surface area contributed by atoms with Crippen LogP contribution >= 0.6 is 11.5 Å². The highest BCUT2D eigenvalue weighted by Crippen LogP contribution is 2.37. The highest BCUT2D eigenvalue weighted by molar-refractivity contribution is 7.10. The van der Waals surface area contributed by atoms with E-state index in [-0.39, 0.29) is 6.03 Å². The predicted octanol–water partition coefficient (Wildman–Crippen LogP) is 1.81. The molecule has 6 nitrogen and oxygen atoms in total. The Morgan fingerprint density at radius 1 is 1.44 bits per heavy atom. The van der Waals surface area contributed by atoms with Crippen LogP contribution in [0.15, 0.2) is 0 Å². The fourth-order valence-corrected chi connectivity index (χ4v) is 3.45. The Morgan fingerprint density at radius 3 is 2.78 bits per heavy atom. The van der Waals surface area contributed by atoms with E-state index in [9.17, 15) is 4.79 Å². The molecule has 1 N–H and O–H groups in total. The normalized spacial score (nSPS) is 26.2. The maximum atomic E-state index is 12.1. The molecule has 1 aliphatic heterocycles. The lowest BCUT2D eigenvalue weighted by molar-refractivity contribution is 0.219. The van der Waals surface area contributed by atoms with Gasteiger partial charge in [-0.25, -0.2) is 4.79 Å². The Balaban J connectivity index is 1.58. The average molecular weight is 268 g/mol. The molecule has 2 atom stereocenters. The maximum absolute atomic E-state index is 12.1. The number of aromatic nitrogens is 2. The first-order valence-electron chi connectivity index (χ1n) is 6.20. The van der Waals surface area contributed by atoms with Gasteiger partial charge < -0.3 is 9.64 Å². The smallest absolute Gasteiger partial charge is 0.329 e. The summed E-state index contributed by atoms with van der Waals surface area (Å²) in [6.07, 6.45) is 3.85. The fourth-order valence-electron chi connectivity index (χ4n) is 2.92. The molecule has 1 saturated carbocycles. The van der Waals surface area contributed by atoms with Gasteiger partial charge in [-0.1, -0.05) is 6.42 Å². The van der Waals surface area contributed by atoms with Gasteiger partial charge in [0.05, 0.1) is 7.11 Å². The minimum absolute atomic E-state index is 0.0665. The Hall–Kier alpha value is -1.37. The molecule has 2 aliphatic rings. The summed E-state index contributed by atoms with van der Waals surface area (Å²) in [5.74, 6) is 1.42. The molecule has 2 heterocycles. The van der Waals surface area contributed by atoms with Crippen LogP contribution in [-0.4, -0.2) is 40.5 Å². The van der Waals surface area contributed by atoms with Crippen molar-refractivity contribution in [2.75, 3.05) is 25.5 Å². The number of rotatable bonds is 2. The molecule has 2 fully saturated rings. The molecular formula is C11H16N4O2S. The zero-order valence-electron chi connectivity index (χ0n) is 10.3. The summed E-state index contributed by atoms with van der Waals surface area (Å²) in [4.78, 5) is 18.0. The highest BCUT2D eigenvalue weighted by atomic mass is 32.1. The number of fused-ring (bicyclic) bond motifs is 1. The van der Waals surface area contributed by atoms with Crippen LogP contribution in [0.4, 0.5) is 9.93 Å². The zero-order chi connectivity index (χ0) is 12.5. The molecular weight excluding hydrogens is 252 g/mol. The lowest BCUT2D eigenvalue weighted by atomic mass is 10.0. The molecule has 1 aromatic heterocycles. The van der Waals surface area contributed by atoms with E-state index in [0.717, 1.165) is 24.6 Å². The number of methoxy groups -OCH3 is 1. The first-order valence-corrected chi connectivity index (χ1v) is 6.97. The summed E-state index contributed by atoms with van der Waals surface area (Å²) in [7, 11) is 1.51. The molecule has 3 rings (SSSR count). The Morgan fingerprint density at radius 2 is 2.17 bits per heavy atom. The topological polar surface area (TPSA) is 67.3 Å². The molecule has 18 heavy (non-hydrogen) atoms. The molecule has 7 heteroatoms. The molecule has 0 aromatic carbocycles. The van der Waals surface area contributed by atoms with Crippen LogP contribution in [0.5, 0.6) is 6.01 Å². The second-order valence-corrected chi connectivity index (χ2v) is 5.62. The van der Waals surface area contributed by atoms with Crippen molar-refractivity contribution in [3.8, 4) is 6.01 Å². The number of anilines is 1. The van der Waals surface area contributed by atoms with Gasteiger partial charge in [0.15, 0.2) is 0 Å². The van der Waals surface area contributed by atoms with Gasteiger partial charge in [-0.05, 0) is 24.7 Å². The van der Waals surface area contributed by atoms with E-state index in [0.29, 0.717) is 23.0 Å². The summed E-state index contributed by atoms with van der Waals surface area (Å²) in [5.41, 5.74) is 0. The molecule has 0 radical (unpaired) electrons. The van der Waals surface area contributed by atoms with E-state index < -0.39 is 0 Å². The van der Waals surface area contributed by atoms with Gasteiger partial charge in [-0.3, -0.25) is 5.32 Å². The number of carbonyl (C=O) groups is 1. The monoisotopic (exact) mass is 268 g/mol. The van der Waals surface area contributed by atoms with E-state index >= 15 is 0 Å². The number of urea groups is 1. The number of likely N-dealkylation sites (tertiary alicyclic amines) is 1. The van der Waals surface area contributed by atoms with Gasteiger partial charge in [0.2, 0.25) is 5.13 Å². The molecule has 0 spiro atoms.